The van der Waals surface area contributed by atoms with E-state index in [2.05, 4.69) is 26.2 Å². The molecule has 0 atom stereocenters. The van der Waals surface area contributed by atoms with Gasteiger partial charge in [0.1, 0.15) is 0 Å². The number of hydrogen-bond acceptors (Lipinski definition) is 4. The lowest BCUT2D eigenvalue weighted by Gasteiger charge is -2.06. The molecule has 106 valence electrons. The Labute approximate surface area is 129 Å². The van der Waals surface area contributed by atoms with Gasteiger partial charge in [0, 0.05) is 11.9 Å². The summed E-state index contributed by atoms with van der Waals surface area (Å²) < 4.78 is 2.03. The Balaban J connectivity index is 2.46. The van der Waals surface area contributed by atoms with Gasteiger partial charge in [-0.15, -0.1) is 16.7 Å². The van der Waals surface area contributed by atoms with Crippen molar-refractivity contribution in [2.45, 2.75) is 19.8 Å². The topological polar surface area (TPSA) is 73.8 Å². The number of hydrogen-bond donors (Lipinski definition) is 0. The normalized spacial score (nSPS) is 10.8. The molecule has 20 heavy (non-hydrogen) atoms. The molecule has 0 aliphatic carbocycles. The minimum atomic E-state index is -0.423. The van der Waals surface area contributed by atoms with Crippen LogP contribution < -0.4 is 0 Å². The minimum Gasteiger partial charge on any atom is -0.258 e. The molecule has 0 aliphatic rings. The number of nitrogens with zero attached hydrogens (tertiary/aromatic N) is 4. The number of rotatable bonds is 5. The molecule has 6 nitrogen and oxygen atoms in total. The van der Waals surface area contributed by atoms with Gasteiger partial charge in [0.25, 0.3) is 5.69 Å². The molecule has 0 aliphatic heterocycles. The van der Waals surface area contributed by atoms with E-state index in [1.807, 2.05) is 6.07 Å². The van der Waals surface area contributed by atoms with Crippen LogP contribution >= 0.6 is 27.5 Å². The molecule has 0 unspecified atom stereocenters. The average Bonchev–Trinajstić information content (AvgIpc) is 2.83. The second-order valence-corrected chi connectivity index (χ2v) is 5.55. The van der Waals surface area contributed by atoms with Gasteiger partial charge >= 0.3 is 0 Å². The quantitative estimate of drug-likeness (QED) is 0.466. The fraction of sp³-hybridized carbons (Fsp3) is 0.333. The number of aryl methyl sites for hydroxylation is 2. The molecule has 1 aromatic heterocycles. The number of nitro benzene ring substituents is 1. The van der Waals surface area contributed by atoms with Gasteiger partial charge in [0.05, 0.1) is 21.3 Å². The Morgan fingerprint density at radius 2 is 2.25 bits per heavy atom. The van der Waals surface area contributed by atoms with Crippen molar-refractivity contribution in [3.05, 3.63) is 44.2 Å². The zero-order chi connectivity index (χ0) is 14.7. The zero-order valence-corrected chi connectivity index (χ0v) is 13.1. The van der Waals surface area contributed by atoms with Crippen LogP contribution in [0.2, 0.25) is 0 Å². The van der Waals surface area contributed by atoms with E-state index < -0.39 is 4.92 Å². The van der Waals surface area contributed by atoms with Crippen molar-refractivity contribution >= 4 is 33.2 Å². The fourth-order valence-electron chi connectivity index (χ4n) is 1.85. The van der Waals surface area contributed by atoms with Crippen molar-refractivity contribution in [2.24, 2.45) is 0 Å². The molecular formula is C12H12BrClN4O2. The minimum absolute atomic E-state index is 0.00864. The molecular weight excluding hydrogens is 348 g/mol. The van der Waals surface area contributed by atoms with Crippen LogP contribution in [0.15, 0.2) is 22.8 Å². The molecule has 0 radical (unpaired) electrons. The van der Waals surface area contributed by atoms with E-state index in [0.717, 1.165) is 17.7 Å². The van der Waals surface area contributed by atoms with E-state index >= 15 is 0 Å². The smallest absolute Gasteiger partial charge is 0.258 e. The Morgan fingerprint density at radius 3 is 2.90 bits per heavy atom. The van der Waals surface area contributed by atoms with Crippen LogP contribution in [0.4, 0.5) is 5.69 Å². The molecule has 0 spiro atoms. The number of alkyl halides is 1. The molecule has 1 aromatic carbocycles. The summed E-state index contributed by atoms with van der Waals surface area (Å²) in [5.41, 5.74) is 1.93. The third-order valence-corrected chi connectivity index (χ3v) is 3.59. The van der Waals surface area contributed by atoms with Crippen LogP contribution in [0.25, 0.3) is 5.69 Å². The number of halogens is 2. The maximum absolute atomic E-state index is 11.2. The van der Waals surface area contributed by atoms with Gasteiger partial charge in [-0.05, 0) is 47.3 Å². The summed E-state index contributed by atoms with van der Waals surface area (Å²) >= 11 is 8.98. The van der Waals surface area contributed by atoms with Crippen LogP contribution in [0.1, 0.15) is 17.7 Å². The Kier molecular flexibility index (Phi) is 4.72. The summed E-state index contributed by atoms with van der Waals surface area (Å²) in [6, 6.07) is 3.32. The highest BCUT2D eigenvalue weighted by molar-refractivity contribution is 9.10. The number of aromatic nitrogens is 3. The molecule has 0 N–H and O–H groups in total. The molecule has 2 aromatic rings. The Bertz CT molecular complexity index is 644. The number of nitro groups is 1. The van der Waals surface area contributed by atoms with Gasteiger partial charge in [0.15, 0.2) is 5.69 Å². The van der Waals surface area contributed by atoms with Crippen molar-refractivity contribution in [3.63, 3.8) is 0 Å². The Morgan fingerprint density at radius 1 is 1.50 bits per heavy atom. The maximum Gasteiger partial charge on any atom is 0.296 e. The van der Waals surface area contributed by atoms with Crippen LogP contribution in [-0.4, -0.2) is 25.8 Å². The summed E-state index contributed by atoms with van der Waals surface area (Å²) in [5.74, 6) is 0.543. The standard InChI is InChI=1S/C12H12BrClN4O2/c1-8-5-10(13)12(11(6-8)18(19)20)17-7-9(15-16-17)3-2-4-14/h5-7H,2-4H2,1H3. The summed E-state index contributed by atoms with van der Waals surface area (Å²) in [6.07, 6.45) is 3.17. The van der Waals surface area contributed by atoms with Crippen LogP contribution in [-0.2, 0) is 6.42 Å². The highest BCUT2D eigenvalue weighted by Crippen LogP contribution is 2.31. The van der Waals surface area contributed by atoms with Crippen molar-refractivity contribution in [2.75, 3.05) is 5.88 Å². The lowest BCUT2D eigenvalue weighted by molar-refractivity contribution is -0.384. The lowest BCUT2D eigenvalue weighted by Crippen LogP contribution is -2.02. The highest BCUT2D eigenvalue weighted by atomic mass is 79.9. The van der Waals surface area contributed by atoms with E-state index in [9.17, 15) is 10.1 Å². The van der Waals surface area contributed by atoms with Crippen molar-refractivity contribution in [1.29, 1.82) is 0 Å². The van der Waals surface area contributed by atoms with E-state index in [0.29, 0.717) is 22.5 Å². The largest absolute Gasteiger partial charge is 0.296 e. The van der Waals surface area contributed by atoms with Crippen molar-refractivity contribution < 1.29 is 4.92 Å². The summed E-state index contributed by atoms with van der Waals surface area (Å²) in [4.78, 5) is 10.8. The fourth-order valence-corrected chi connectivity index (χ4v) is 2.73. The predicted molar refractivity (Wildman–Crippen MR) is 79.5 cm³/mol. The van der Waals surface area contributed by atoms with Gasteiger partial charge in [-0.2, -0.15) is 0 Å². The molecule has 0 fully saturated rings. The van der Waals surface area contributed by atoms with E-state index in [1.165, 1.54) is 10.7 Å². The third kappa shape index (κ3) is 3.16. The van der Waals surface area contributed by atoms with E-state index in [1.54, 1.807) is 13.1 Å². The summed E-state index contributed by atoms with van der Waals surface area (Å²) in [7, 11) is 0. The van der Waals surface area contributed by atoms with Crippen molar-refractivity contribution in [3.8, 4) is 5.69 Å². The van der Waals surface area contributed by atoms with Gasteiger partial charge in [-0.3, -0.25) is 10.1 Å². The summed E-state index contributed by atoms with van der Waals surface area (Å²) in [6.45, 7) is 1.80. The molecule has 0 saturated heterocycles. The summed E-state index contributed by atoms with van der Waals surface area (Å²) in [5, 5.41) is 19.2. The van der Waals surface area contributed by atoms with Gasteiger partial charge in [0.2, 0.25) is 0 Å². The maximum atomic E-state index is 11.2. The number of benzene rings is 1. The molecule has 0 bridgehead atoms. The first-order valence-corrected chi connectivity index (χ1v) is 7.27. The second kappa shape index (κ2) is 6.32. The third-order valence-electron chi connectivity index (χ3n) is 2.72. The molecule has 8 heteroatoms. The van der Waals surface area contributed by atoms with Gasteiger partial charge < -0.3 is 0 Å². The molecule has 0 amide bonds. The predicted octanol–water partition coefficient (Wildman–Crippen LogP) is 3.42. The Hall–Kier alpha value is -1.47. The van der Waals surface area contributed by atoms with Crippen LogP contribution in [0, 0.1) is 17.0 Å². The molecule has 0 saturated carbocycles. The van der Waals surface area contributed by atoms with Crippen molar-refractivity contribution in [1.82, 2.24) is 15.0 Å². The average molecular weight is 360 g/mol. The van der Waals surface area contributed by atoms with Gasteiger partial charge in [-0.25, -0.2) is 4.68 Å². The van der Waals surface area contributed by atoms with Gasteiger partial charge in [-0.1, -0.05) is 5.21 Å². The monoisotopic (exact) mass is 358 g/mol. The van der Waals surface area contributed by atoms with E-state index in [4.69, 9.17) is 11.6 Å². The molecule has 1 heterocycles. The zero-order valence-electron chi connectivity index (χ0n) is 10.7. The SMILES string of the molecule is Cc1cc(Br)c(-n2cc(CCCCl)nn2)c([N+](=O)[O-])c1. The lowest BCUT2D eigenvalue weighted by atomic mass is 10.2. The molecule has 2 rings (SSSR count). The highest BCUT2D eigenvalue weighted by Gasteiger charge is 2.20. The van der Waals surface area contributed by atoms with E-state index in [-0.39, 0.29) is 5.69 Å². The first kappa shape index (κ1) is 14.9. The first-order chi connectivity index (χ1) is 9.52. The van der Waals surface area contributed by atoms with Crippen LogP contribution in [0.5, 0.6) is 0 Å². The van der Waals surface area contributed by atoms with Crippen LogP contribution in [0.3, 0.4) is 0 Å². The first-order valence-electron chi connectivity index (χ1n) is 5.95. The second-order valence-electron chi connectivity index (χ2n) is 4.32.